The van der Waals surface area contributed by atoms with Crippen LogP contribution >= 0.6 is 0 Å². The third-order valence-corrected chi connectivity index (χ3v) is 3.79. The Labute approximate surface area is 147 Å². The topological polar surface area (TPSA) is 90.0 Å². The molecule has 7 heteroatoms. The Balaban J connectivity index is 1.64. The fourth-order valence-electron chi connectivity index (χ4n) is 2.60. The Morgan fingerprint density at radius 2 is 1.88 bits per heavy atom. The predicted molar refractivity (Wildman–Crippen MR) is 96.5 cm³/mol. The number of carbonyl (C=O) groups is 1. The first-order chi connectivity index (χ1) is 12.6. The normalized spacial score (nSPS) is 10.8. The second-order valence-electron chi connectivity index (χ2n) is 5.67. The van der Waals surface area contributed by atoms with E-state index in [-0.39, 0.29) is 11.3 Å². The molecular formula is C19H14N4O3. The van der Waals surface area contributed by atoms with Crippen LogP contribution in [-0.2, 0) is 0 Å². The number of amides is 1. The van der Waals surface area contributed by atoms with Gasteiger partial charge >= 0.3 is 0 Å². The SMILES string of the molecule is Cc1nc2cc(NC(=O)c3ccc(=O)n(-c4ccccc4)n3)ccc2o1. The third-order valence-electron chi connectivity index (χ3n) is 3.79. The van der Waals surface area contributed by atoms with Gasteiger partial charge in [-0.2, -0.15) is 9.78 Å². The average molecular weight is 346 g/mol. The summed E-state index contributed by atoms with van der Waals surface area (Å²) in [7, 11) is 0. The van der Waals surface area contributed by atoms with Crippen molar-refractivity contribution in [3.8, 4) is 5.69 Å². The van der Waals surface area contributed by atoms with Crippen molar-refractivity contribution in [1.29, 1.82) is 0 Å². The van der Waals surface area contributed by atoms with Crippen molar-refractivity contribution in [2.45, 2.75) is 6.92 Å². The lowest BCUT2D eigenvalue weighted by Crippen LogP contribution is -2.24. The van der Waals surface area contributed by atoms with E-state index in [1.165, 1.54) is 16.8 Å². The summed E-state index contributed by atoms with van der Waals surface area (Å²) >= 11 is 0. The van der Waals surface area contributed by atoms with Crippen LogP contribution in [-0.4, -0.2) is 20.7 Å². The van der Waals surface area contributed by atoms with E-state index in [0.717, 1.165) is 0 Å². The Hall–Kier alpha value is -3.74. The second kappa shape index (κ2) is 6.29. The lowest BCUT2D eigenvalue weighted by Gasteiger charge is -2.07. The summed E-state index contributed by atoms with van der Waals surface area (Å²) in [6.45, 7) is 1.76. The van der Waals surface area contributed by atoms with Crippen molar-refractivity contribution in [1.82, 2.24) is 14.8 Å². The number of para-hydroxylation sites is 1. The molecule has 2 aromatic carbocycles. The van der Waals surface area contributed by atoms with E-state index >= 15 is 0 Å². The molecule has 1 N–H and O–H groups in total. The van der Waals surface area contributed by atoms with E-state index in [1.54, 1.807) is 49.4 Å². The van der Waals surface area contributed by atoms with Gasteiger partial charge in [0.05, 0.1) is 5.69 Å². The molecule has 2 heterocycles. The molecular weight excluding hydrogens is 332 g/mol. The van der Waals surface area contributed by atoms with E-state index in [1.807, 2.05) is 6.07 Å². The molecule has 7 nitrogen and oxygen atoms in total. The lowest BCUT2D eigenvalue weighted by molar-refractivity contribution is 0.102. The van der Waals surface area contributed by atoms with Crippen molar-refractivity contribution in [3.63, 3.8) is 0 Å². The first-order valence-corrected chi connectivity index (χ1v) is 7.94. The minimum atomic E-state index is -0.422. The highest BCUT2D eigenvalue weighted by Crippen LogP contribution is 2.20. The highest BCUT2D eigenvalue weighted by molar-refractivity contribution is 6.03. The molecule has 0 aliphatic heterocycles. The smallest absolute Gasteiger partial charge is 0.276 e. The van der Waals surface area contributed by atoms with Crippen molar-refractivity contribution in [2.24, 2.45) is 0 Å². The number of carbonyl (C=O) groups excluding carboxylic acids is 1. The first kappa shape index (κ1) is 15.8. The quantitative estimate of drug-likeness (QED) is 0.616. The molecule has 26 heavy (non-hydrogen) atoms. The molecule has 2 aromatic heterocycles. The molecule has 4 aromatic rings. The van der Waals surface area contributed by atoms with Crippen LogP contribution in [0.1, 0.15) is 16.4 Å². The van der Waals surface area contributed by atoms with Crippen LogP contribution in [0.4, 0.5) is 5.69 Å². The number of hydrogen-bond acceptors (Lipinski definition) is 5. The van der Waals surface area contributed by atoms with Gasteiger partial charge < -0.3 is 9.73 Å². The minimum Gasteiger partial charge on any atom is -0.441 e. The van der Waals surface area contributed by atoms with E-state index in [9.17, 15) is 9.59 Å². The van der Waals surface area contributed by atoms with Gasteiger partial charge in [-0.25, -0.2) is 4.98 Å². The number of anilines is 1. The molecule has 0 saturated heterocycles. The standard InChI is InChI=1S/C19H14N4O3/c1-12-20-16-11-13(7-9-17(16)26-12)21-19(25)15-8-10-18(24)23(22-15)14-5-3-2-4-6-14/h2-11H,1H3,(H,21,25). The van der Waals surface area contributed by atoms with Gasteiger partial charge in [0, 0.05) is 18.7 Å². The Bertz CT molecular complexity index is 1160. The van der Waals surface area contributed by atoms with Crippen molar-refractivity contribution in [2.75, 3.05) is 5.32 Å². The van der Waals surface area contributed by atoms with Crippen molar-refractivity contribution >= 4 is 22.7 Å². The number of rotatable bonds is 3. The molecule has 1 amide bonds. The Kier molecular flexibility index (Phi) is 3.81. The number of benzene rings is 2. The van der Waals surface area contributed by atoms with Crippen LogP contribution in [0.2, 0.25) is 0 Å². The maximum atomic E-state index is 12.5. The van der Waals surface area contributed by atoms with E-state index < -0.39 is 5.91 Å². The van der Waals surface area contributed by atoms with Crippen LogP contribution in [0, 0.1) is 6.92 Å². The average Bonchev–Trinajstić information content (AvgIpc) is 3.02. The minimum absolute atomic E-state index is 0.130. The molecule has 0 aliphatic rings. The zero-order chi connectivity index (χ0) is 18.1. The monoisotopic (exact) mass is 346 g/mol. The van der Waals surface area contributed by atoms with Gasteiger partial charge in [-0.3, -0.25) is 9.59 Å². The zero-order valence-electron chi connectivity index (χ0n) is 13.8. The fraction of sp³-hybridized carbons (Fsp3) is 0.0526. The molecule has 0 aliphatic carbocycles. The van der Waals surface area contributed by atoms with E-state index in [2.05, 4.69) is 15.4 Å². The van der Waals surface area contributed by atoms with Gasteiger partial charge in [0.1, 0.15) is 11.2 Å². The summed E-state index contributed by atoms with van der Waals surface area (Å²) in [6, 6.07) is 16.8. The fourth-order valence-corrected chi connectivity index (χ4v) is 2.60. The highest BCUT2D eigenvalue weighted by atomic mass is 16.3. The van der Waals surface area contributed by atoms with Crippen LogP contribution in [0.5, 0.6) is 0 Å². The molecule has 0 unspecified atom stereocenters. The van der Waals surface area contributed by atoms with Gasteiger partial charge in [-0.1, -0.05) is 18.2 Å². The van der Waals surface area contributed by atoms with Gasteiger partial charge in [0.15, 0.2) is 11.5 Å². The van der Waals surface area contributed by atoms with Crippen LogP contribution in [0.15, 0.2) is 69.9 Å². The van der Waals surface area contributed by atoms with Crippen LogP contribution in [0.25, 0.3) is 16.8 Å². The summed E-state index contributed by atoms with van der Waals surface area (Å²) in [4.78, 5) is 28.8. The second-order valence-corrected chi connectivity index (χ2v) is 5.67. The van der Waals surface area contributed by atoms with Gasteiger partial charge in [-0.15, -0.1) is 0 Å². The van der Waals surface area contributed by atoms with Crippen molar-refractivity contribution in [3.05, 3.63) is 82.6 Å². The summed E-state index contributed by atoms with van der Waals surface area (Å²) in [5, 5.41) is 6.92. The lowest BCUT2D eigenvalue weighted by atomic mass is 10.2. The summed E-state index contributed by atoms with van der Waals surface area (Å²) in [6.07, 6.45) is 0. The molecule has 0 saturated carbocycles. The van der Waals surface area contributed by atoms with Crippen LogP contribution < -0.4 is 10.9 Å². The van der Waals surface area contributed by atoms with Crippen molar-refractivity contribution < 1.29 is 9.21 Å². The Morgan fingerprint density at radius 1 is 1.08 bits per heavy atom. The number of hydrogen-bond donors (Lipinski definition) is 1. The summed E-state index contributed by atoms with van der Waals surface area (Å²) in [5.41, 5.74) is 2.28. The molecule has 0 atom stereocenters. The Morgan fingerprint density at radius 3 is 2.69 bits per heavy atom. The summed E-state index contributed by atoms with van der Waals surface area (Å²) < 4.78 is 6.61. The number of oxazole rings is 1. The molecule has 4 rings (SSSR count). The third kappa shape index (κ3) is 2.98. The number of aromatic nitrogens is 3. The maximum Gasteiger partial charge on any atom is 0.276 e. The highest BCUT2D eigenvalue weighted by Gasteiger charge is 2.12. The number of aryl methyl sites for hydroxylation is 1. The largest absolute Gasteiger partial charge is 0.441 e. The number of fused-ring (bicyclic) bond motifs is 1. The van der Waals surface area contributed by atoms with E-state index in [4.69, 9.17) is 4.42 Å². The van der Waals surface area contributed by atoms with Gasteiger partial charge in [0.2, 0.25) is 0 Å². The molecule has 0 radical (unpaired) electrons. The summed E-state index contributed by atoms with van der Waals surface area (Å²) in [5.74, 6) is 0.134. The predicted octanol–water partition coefficient (Wildman–Crippen LogP) is 2.93. The number of nitrogens with one attached hydrogen (secondary N) is 1. The molecule has 0 fully saturated rings. The number of nitrogens with zero attached hydrogens (tertiary/aromatic N) is 3. The molecule has 128 valence electrons. The van der Waals surface area contributed by atoms with Crippen LogP contribution in [0.3, 0.4) is 0 Å². The van der Waals surface area contributed by atoms with Gasteiger partial charge in [0.25, 0.3) is 11.5 Å². The first-order valence-electron chi connectivity index (χ1n) is 7.94. The zero-order valence-corrected chi connectivity index (χ0v) is 13.8. The van der Waals surface area contributed by atoms with Gasteiger partial charge in [-0.05, 0) is 36.4 Å². The molecule has 0 spiro atoms. The van der Waals surface area contributed by atoms with E-state index in [0.29, 0.717) is 28.4 Å². The molecule has 0 bridgehead atoms. The maximum absolute atomic E-state index is 12.5.